The number of hydrogen-bond donors (Lipinski definition) is 2. The van der Waals surface area contributed by atoms with E-state index in [0.29, 0.717) is 16.1 Å². The van der Waals surface area contributed by atoms with Crippen molar-refractivity contribution in [3.05, 3.63) is 76.1 Å². The zero-order valence-corrected chi connectivity index (χ0v) is 18.5. The largest absolute Gasteiger partial charge is 0.462 e. The lowest BCUT2D eigenvalue weighted by molar-refractivity contribution is 0.0526. The highest BCUT2D eigenvalue weighted by Crippen LogP contribution is 2.39. The van der Waals surface area contributed by atoms with Crippen LogP contribution in [-0.2, 0) is 17.6 Å². The van der Waals surface area contributed by atoms with E-state index >= 15 is 0 Å². The molecular weight excluding hydrogens is 428 g/mol. The predicted octanol–water partition coefficient (Wildman–Crippen LogP) is 4.45. The number of Topliss-reactive ketones (excluding diaryl/α,β-unsaturated/α-hetero) is 1. The Morgan fingerprint density at radius 1 is 1.09 bits per heavy atom. The van der Waals surface area contributed by atoms with Crippen molar-refractivity contribution in [1.29, 1.82) is 0 Å². The van der Waals surface area contributed by atoms with Crippen molar-refractivity contribution in [1.82, 2.24) is 5.32 Å². The van der Waals surface area contributed by atoms with Crippen LogP contribution in [0.1, 0.15) is 61.5 Å². The van der Waals surface area contributed by atoms with Gasteiger partial charge in [0.2, 0.25) is 5.78 Å². The van der Waals surface area contributed by atoms with Crippen molar-refractivity contribution >= 4 is 34.0 Å². The normalized spacial score (nSPS) is 13.7. The molecule has 32 heavy (non-hydrogen) atoms. The Morgan fingerprint density at radius 3 is 2.59 bits per heavy atom. The quantitative estimate of drug-likeness (QED) is 0.298. The second-order valence-corrected chi connectivity index (χ2v) is 8.50. The monoisotopic (exact) mass is 452 g/mol. The van der Waals surface area contributed by atoms with E-state index in [1.165, 1.54) is 23.7 Å². The number of hydrogen-bond acceptors (Lipinski definition) is 7. The highest BCUT2D eigenvalue weighted by molar-refractivity contribution is 7.16. The van der Waals surface area contributed by atoms with Gasteiger partial charge in [-0.15, -0.1) is 11.3 Å². The molecule has 1 aliphatic carbocycles. The molecule has 166 valence electrons. The lowest BCUT2D eigenvalue weighted by Gasteiger charge is -2.20. The summed E-state index contributed by atoms with van der Waals surface area (Å²) >= 11 is 1.44. The molecule has 2 aromatic heterocycles. The number of fused-ring (bicyclic) bond motifs is 1. The van der Waals surface area contributed by atoms with Crippen LogP contribution in [0.25, 0.3) is 0 Å². The summed E-state index contributed by atoms with van der Waals surface area (Å²) in [4.78, 5) is 39.9. The van der Waals surface area contributed by atoms with E-state index in [9.17, 15) is 14.4 Å². The molecule has 2 N–H and O–H groups in total. The van der Waals surface area contributed by atoms with Crippen molar-refractivity contribution < 1.29 is 23.5 Å². The summed E-state index contributed by atoms with van der Waals surface area (Å²) in [6.07, 6.45) is 4.02. The van der Waals surface area contributed by atoms with E-state index in [1.54, 1.807) is 37.3 Å². The zero-order valence-electron chi connectivity index (χ0n) is 17.7. The van der Waals surface area contributed by atoms with Gasteiger partial charge in [0.25, 0.3) is 5.91 Å². The first kappa shape index (κ1) is 21.8. The number of benzene rings is 1. The number of furan rings is 1. The number of carbonyl (C=O) groups is 3. The standard InChI is InChI=1S/C24H24N2O5S/c1-2-30-24(29)19-16-11-6-7-13-18(16)32-23(19)26-21(20(27)15-9-4-3-5-10-15)25-22(28)17-12-8-14-31-17/h3-5,8-10,12,14,21,26H,2,6-7,11,13H2,1H3,(H,25,28). The highest BCUT2D eigenvalue weighted by atomic mass is 32.1. The Morgan fingerprint density at radius 2 is 1.88 bits per heavy atom. The lowest BCUT2D eigenvalue weighted by atomic mass is 9.95. The van der Waals surface area contributed by atoms with Gasteiger partial charge in [0.1, 0.15) is 5.00 Å². The number of amides is 1. The lowest BCUT2D eigenvalue weighted by Crippen LogP contribution is -2.46. The van der Waals surface area contributed by atoms with Crippen LogP contribution >= 0.6 is 11.3 Å². The van der Waals surface area contributed by atoms with Crippen LogP contribution in [0.4, 0.5) is 5.00 Å². The van der Waals surface area contributed by atoms with Gasteiger partial charge in [0.05, 0.1) is 18.4 Å². The van der Waals surface area contributed by atoms with Crippen molar-refractivity contribution in [3.63, 3.8) is 0 Å². The number of ether oxygens (including phenoxy) is 1. The second-order valence-electron chi connectivity index (χ2n) is 7.39. The van der Waals surface area contributed by atoms with E-state index < -0.39 is 18.0 Å². The molecule has 4 rings (SSSR count). The minimum absolute atomic E-state index is 0.0914. The molecule has 3 aromatic rings. The number of aryl methyl sites for hydroxylation is 1. The van der Waals surface area contributed by atoms with Gasteiger partial charge >= 0.3 is 5.97 Å². The Balaban J connectivity index is 1.69. The Kier molecular flexibility index (Phi) is 6.70. The molecule has 0 spiro atoms. The zero-order chi connectivity index (χ0) is 22.5. The number of esters is 1. The molecular formula is C24H24N2O5S. The van der Waals surface area contributed by atoms with Crippen LogP contribution in [-0.4, -0.2) is 30.4 Å². The van der Waals surface area contributed by atoms with Crippen LogP contribution in [0.15, 0.2) is 53.1 Å². The maximum absolute atomic E-state index is 13.3. The molecule has 1 unspecified atom stereocenters. The molecule has 0 radical (unpaired) electrons. The van der Waals surface area contributed by atoms with Gasteiger partial charge in [-0.25, -0.2) is 4.79 Å². The molecule has 0 saturated carbocycles. The fraction of sp³-hybridized carbons (Fsp3) is 0.292. The van der Waals surface area contributed by atoms with Gasteiger partial charge in [0.15, 0.2) is 11.9 Å². The van der Waals surface area contributed by atoms with Gasteiger partial charge in [0, 0.05) is 10.4 Å². The van der Waals surface area contributed by atoms with Crippen LogP contribution in [0.2, 0.25) is 0 Å². The summed E-state index contributed by atoms with van der Waals surface area (Å²) < 4.78 is 10.5. The van der Waals surface area contributed by atoms with Crippen LogP contribution in [0.5, 0.6) is 0 Å². The summed E-state index contributed by atoms with van der Waals surface area (Å²) in [5.74, 6) is -1.19. The molecule has 1 aliphatic rings. The summed E-state index contributed by atoms with van der Waals surface area (Å²) in [7, 11) is 0. The van der Waals surface area contributed by atoms with Gasteiger partial charge in [-0.05, 0) is 50.3 Å². The van der Waals surface area contributed by atoms with Crippen molar-refractivity contribution in [2.24, 2.45) is 0 Å². The first-order valence-corrected chi connectivity index (χ1v) is 11.4. The van der Waals surface area contributed by atoms with Gasteiger partial charge in [-0.3, -0.25) is 9.59 Å². The third-order valence-corrected chi connectivity index (χ3v) is 6.49. The maximum Gasteiger partial charge on any atom is 0.341 e. The Bertz CT molecular complexity index is 1110. The van der Waals surface area contributed by atoms with Crippen molar-refractivity contribution in [2.75, 3.05) is 11.9 Å². The molecule has 2 heterocycles. The molecule has 1 aromatic carbocycles. The van der Waals surface area contributed by atoms with E-state index in [4.69, 9.17) is 9.15 Å². The molecule has 0 aliphatic heterocycles. The molecule has 1 amide bonds. The minimum Gasteiger partial charge on any atom is -0.462 e. The Labute approximate surface area is 189 Å². The molecule has 0 saturated heterocycles. The maximum atomic E-state index is 13.3. The first-order valence-electron chi connectivity index (χ1n) is 10.6. The van der Waals surface area contributed by atoms with E-state index in [-0.39, 0.29) is 18.2 Å². The van der Waals surface area contributed by atoms with Crippen molar-refractivity contribution in [3.8, 4) is 0 Å². The van der Waals surface area contributed by atoms with Crippen LogP contribution < -0.4 is 10.6 Å². The fourth-order valence-electron chi connectivity index (χ4n) is 3.76. The third kappa shape index (κ3) is 4.60. The van der Waals surface area contributed by atoms with Crippen LogP contribution in [0.3, 0.4) is 0 Å². The Hall–Kier alpha value is -3.39. The first-order chi connectivity index (χ1) is 15.6. The average Bonchev–Trinajstić information content (AvgIpc) is 3.47. The topological polar surface area (TPSA) is 97.6 Å². The summed E-state index contributed by atoms with van der Waals surface area (Å²) in [5.41, 5.74) is 1.87. The van der Waals surface area contributed by atoms with E-state index in [0.717, 1.165) is 36.1 Å². The summed E-state index contributed by atoms with van der Waals surface area (Å²) in [6.45, 7) is 2.01. The minimum atomic E-state index is -1.09. The van der Waals surface area contributed by atoms with Crippen LogP contribution in [0, 0.1) is 0 Å². The molecule has 1 atom stereocenters. The van der Waals surface area contributed by atoms with Gasteiger partial charge in [-0.1, -0.05) is 30.3 Å². The highest BCUT2D eigenvalue weighted by Gasteiger charge is 2.30. The van der Waals surface area contributed by atoms with E-state index in [1.807, 2.05) is 6.07 Å². The smallest absolute Gasteiger partial charge is 0.341 e. The molecule has 7 nitrogen and oxygen atoms in total. The van der Waals surface area contributed by atoms with E-state index in [2.05, 4.69) is 10.6 Å². The fourth-order valence-corrected chi connectivity index (χ4v) is 5.07. The SMILES string of the molecule is CCOC(=O)c1c(NC(NC(=O)c2ccco2)C(=O)c2ccccc2)sc2c1CCCC2. The molecule has 0 fully saturated rings. The predicted molar refractivity (Wildman–Crippen MR) is 121 cm³/mol. The second kappa shape index (κ2) is 9.82. The molecule has 8 heteroatoms. The van der Waals surface area contributed by atoms with Gasteiger partial charge < -0.3 is 19.8 Å². The molecule has 0 bridgehead atoms. The number of rotatable bonds is 8. The number of carbonyl (C=O) groups excluding carboxylic acids is 3. The average molecular weight is 453 g/mol. The number of anilines is 1. The summed E-state index contributed by atoms with van der Waals surface area (Å²) in [5, 5.41) is 6.37. The number of nitrogens with one attached hydrogen (secondary N) is 2. The van der Waals surface area contributed by atoms with Crippen molar-refractivity contribution in [2.45, 2.75) is 38.8 Å². The number of ketones is 1. The third-order valence-electron chi connectivity index (χ3n) is 5.27. The number of thiophene rings is 1. The summed E-state index contributed by atoms with van der Waals surface area (Å²) in [6, 6.07) is 11.8. The van der Waals surface area contributed by atoms with Gasteiger partial charge in [-0.2, -0.15) is 0 Å².